The number of nitrogens with zero attached hydrogens (tertiary/aromatic N) is 3. The summed E-state index contributed by atoms with van der Waals surface area (Å²) in [7, 11) is 0. The molecule has 0 saturated heterocycles. The van der Waals surface area contributed by atoms with Crippen LogP contribution in [0, 0.1) is 6.92 Å². The van der Waals surface area contributed by atoms with Gasteiger partial charge in [0.25, 0.3) is 0 Å². The summed E-state index contributed by atoms with van der Waals surface area (Å²) in [5.74, 6) is -1.02. The molecule has 0 atom stereocenters. The second-order valence-electron chi connectivity index (χ2n) is 6.17. The van der Waals surface area contributed by atoms with Crippen LogP contribution in [-0.4, -0.2) is 25.8 Å². The molecule has 0 aliphatic carbocycles. The van der Waals surface area contributed by atoms with E-state index in [9.17, 15) is 9.90 Å². The Hall–Kier alpha value is -2.41. The summed E-state index contributed by atoms with van der Waals surface area (Å²) in [5, 5.41) is 15.7. The van der Waals surface area contributed by atoms with Gasteiger partial charge in [-0.25, -0.2) is 14.5 Å². The van der Waals surface area contributed by atoms with Crippen LogP contribution in [0.2, 0.25) is 10.0 Å². The monoisotopic (exact) mass is 475 g/mol. The molecular formula is C20H12BrCl2N3O2. The fourth-order valence-electron chi connectivity index (χ4n) is 3.06. The van der Waals surface area contributed by atoms with Gasteiger partial charge in [-0.1, -0.05) is 39.1 Å². The summed E-state index contributed by atoms with van der Waals surface area (Å²) in [5.41, 5.74) is 3.41. The van der Waals surface area contributed by atoms with Crippen LogP contribution in [0.3, 0.4) is 0 Å². The number of carboxylic acid groups (broad SMARTS) is 1. The van der Waals surface area contributed by atoms with Crippen molar-refractivity contribution in [2.45, 2.75) is 6.92 Å². The number of carboxylic acids is 1. The fourth-order valence-corrected chi connectivity index (χ4v) is 3.79. The zero-order valence-corrected chi connectivity index (χ0v) is 17.5. The van der Waals surface area contributed by atoms with Crippen molar-refractivity contribution in [2.24, 2.45) is 0 Å². The first-order chi connectivity index (χ1) is 13.3. The molecule has 5 nitrogen and oxygen atoms in total. The van der Waals surface area contributed by atoms with Gasteiger partial charge in [-0.2, -0.15) is 5.10 Å². The lowest BCUT2D eigenvalue weighted by molar-refractivity contribution is 0.0699. The zero-order valence-electron chi connectivity index (χ0n) is 14.4. The predicted molar refractivity (Wildman–Crippen MR) is 114 cm³/mol. The van der Waals surface area contributed by atoms with E-state index in [1.54, 1.807) is 47.3 Å². The van der Waals surface area contributed by atoms with Crippen molar-refractivity contribution in [1.29, 1.82) is 0 Å². The minimum Gasteiger partial charge on any atom is -0.478 e. The third-order valence-corrected chi connectivity index (χ3v) is 5.47. The average molecular weight is 477 g/mol. The number of aromatic carboxylic acids is 1. The van der Waals surface area contributed by atoms with E-state index in [0.29, 0.717) is 37.9 Å². The molecule has 0 aliphatic heterocycles. The molecule has 28 heavy (non-hydrogen) atoms. The van der Waals surface area contributed by atoms with Crippen LogP contribution in [0.1, 0.15) is 16.1 Å². The average Bonchev–Trinajstić information content (AvgIpc) is 3.04. The standard InChI is InChI=1S/C20H12BrCl2N3O2/c1-10-15(9-24-26(10)19-7-12(22)3-4-16(19)23)18-8-14(20(27)28)13-6-11(21)2-5-17(13)25-18/h2-9H,1H3,(H,27,28). The number of halogens is 3. The van der Waals surface area contributed by atoms with Crippen LogP contribution in [0.15, 0.2) is 53.1 Å². The largest absolute Gasteiger partial charge is 0.478 e. The summed E-state index contributed by atoms with van der Waals surface area (Å²) in [6.45, 7) is 1.87. The highest BCUT2D eigenvalue weighted by Crippen LogP contribution is 2.31. The zero-order chi connectivity index (χ0) is 20.0. The van der Waals surface area contributed by atoms with Crippen LogP contribution < -0.4 is 0 Å². The van der Waals surface area contributed by atoms with Gasteiger partial charge in [-0.15, -0.1) is 0 Å². The molecule has 1 N–H and O–H groups in total. The summed E-state index contributed by atoms with van der Waals surface area (Å²) >= 11 is 15.8. The molecule has 2 aromatic carbocycles. The van der Waals surface area contributed by atoms with Crippen molar-refractivity contribution in [3.05, 3.63) is 74.4 Å². The molecule has 0 aliphatic rings. The Morgan fingerprint density at radius 3 is 2.68 bits per heavy atom. The van der Waals surface area contributed by atoms with Gasteiger partial charge in [-0.3, -0.25) is 0 Å². The minimum atomic E-state index is -1.02. The summed E-state index contributed by atoms with van der Waals surface area (Å²) < 4.78 is 2.45. The van der Waals surface area contributed by atoms with E-state index < -0.39 is 5.97 Å². The Morgan fingerprint density at radius 1 is 1.14 bits per heavy atom. The van der Waals surface area contributed by atoms with Crippen molar-refractivity contribution in [1.82, 2.24) is 14.8 Å². The smallest absolute Gasteiger partial charge is 0.336 e. The van der Waals surface area contributed by atoms with Crippen molar-refractivity contribution in [3.63, 3.8) is 0 Å². The van der Waals surface area contributed by atoms with Gasteiger partial charge < -0.3 is 5.11 Å². The molecular weight excluding hydrogens is 465 g/mol. The maximum absolute atomic E-state index is 11.8. The number of benzene rings is 2. The number of carbonyl (C=O) groups is 1. The Morgan fingerprint density at radius 2 is 1.93 bits per heavy atom. The van der Waals surface area contributed by atoms with E-state index >= 15 is 0 Å². The lowest BCUT2D eigenvalue weighted by atomic mass is 10.0. The number of rotatable bonds is 3. The molecule has 0 spiro atoms. The minimum absolute atomic E-state index is 0.175. The first kappa shape index (κ1) is 18.9. The van der Waals surface area contributed by atoms with E-state index in [-0.39, 0.29) is 5.56 Å². The van der Waals surface area contributed by atoms with E-state index in [2.05, 4.69) is 26.0 Å². The third kappa shape index (κ3) is 3.28. The first-order valence-electron chi connectivity index (χ1n) is 8.19. The number of hydrogen-bond acceptors (Lipinski definition) is 3. The van der Waals surface area contributed by atoms with Gasteiger partial charge in [-0.05, 0) is 49.4 Å². The van der Waals surface area contributed by atoms with E-state index in [4.69, 9.17) is 23.2 Å². The summed E-state index contributed by atoms with van der Waals surface area (Å²) in [6.07, 6.45) is 1.64. The molecule has 8 heteroatoms. The second-order valence-corrected chi connectivity index (χ2v) is 7.93. The number of hydrogen-bond donors (Lipinski definition) is 1. The molecule has 0 fully saturated rings. The second kappa shape index (κ2) is 7.20. The van der Waals surface area contributed by atoms with Crippen LogP contribution in [0.4, 0.5) is 0 Å². The molecule has 4 aromatic rings. The Balaban J connectivity index is 1.92. The molecule has 0 radical (unpaired) electrons. The Kier molecular flexibility index (Phi) is 4.87. The van der Waals surface area contributed by atoms with Gasteiger partial charge in [0.1, 0.15) is 0 Å². The van der Waals surface area contributed by atoms with Crippen molar-refractivity contribution < 1.29 is 9.90 Å². The van der Waals surface area contributed by atoms with Crippen LogP contribution in [0.25, 0.3) is 27.8 Å². The van der Waals surface area contributed by atoms with Crippen LogP contribution in [0.5, 0.6) is 0 Å². The normalized spacial score (nSPS) is 11.1. The van der Waals surface area contributed by atoms with Gasteiger partial charge in [0.15, 0.2) is 0 Å². The Bertz CT molecular complexity index is 1250. The number of pyridine rings is 1. The molecule has 2 aromatic heterocycles. The Labute approximate surface area is 178 Å². The lowest BCUT2D eigenvalue weighted by Crippen LogP contribution is -2.02. The molecule has 0 saturated carbocycles. The first-order valence-corrected chi connectivity index (χ1v) is 9.74. The third-order valence-electron chi connectivity index (χ3n) is 4.42. The lowest BCUT2D eigenvalue weighted by Gasteiger charge is -2.09. The molecule has 0 unspecified atom stereocenters. The van der Waals surface area contributed by atoms with E-state index in [1.807, 2.05) is 13.0 Å². The summed E-state index contributed by atoms with van der Waals surface area (Å²) in [4.78, 5) is 16.4. The highest BCUT2D eigenvalue weighted by Gasteiger charge is 2.18. The topological polar surface area (TPSA) is 68.0 Å². The van der Waals surface area contributed by atoms with Crippen LogP contribution in [-0.2, 0) is 0 Å². The van der Waals surface area contributed by atoms with Gasteiger partial charge in [0.2, 0.25) is 0 Å². The van der Waals surface area contributed by atoms with Crippen molar-refractivity contribution in [2.75, 3.05) is 0 Å². The SMILES string of the molecule is Cc1c(-c2cc(C(=O)O)c3cc(Br)ccc3n2)cnn1-c1cc(Cl)ccc1Cl. The van der Waals surface area contributed by atoms with Crippen molar-refractivity contribution >= 4 is 56.0 Å². The number of aromatic nitrogens is 3. The summed E-state index contributed by atoms with van der Waals surface area (Å²) in [6, 6.07) is 12.0. The van der Waals surface area contributed by atoms with E-state index in [0.717, 1.165) is 10.2 Å². The fraction of sp³-hybridized carbons (Fsp3) is 0.0500. The van der Waals surface area contributed by atoms with Gasteiger partial charge in [0, 0.05) is 20.4 Å². The highest BCUT2D eigenvalue weighted by molar-refractivity contribution is 9.10. The maximum Gasteiger partial charge on any atom is 0.336 e. The number of fused-ring (bicyclic) bond motifs is 1. The van der Waals surface area contributed by atoms with E-state index in [1.165, 1.54) is 0 Å². The maximum atomic E-state index is 11.8. The molecule has 2 heterocycles. The van der Waals surface area contributed by atoms with Gasteiger partial charge >= 0.3 is 5.97 Å². The van der Waals surface area contributed by atoms with Crippen LogP contribution >= 0.6 is 39.1 Å². The van der Waals surface area contributed by atoms with Gasteiger partial charge in [0.05, 0.1) is 39.4 Å². The molecule has 4 rings (SSSR count). The quantitative estimate of drug-likeness (QED) is 0.384. The molecule has 0 bridgehead atoms. The highest BCUT2D eigenvalue weighted by atomic mass is 79.9. The molecule has 0 amide bonds. The predicted octanol–water partition coefficient (Wildman–Crippen LogP) is 6.16. The van der Waals surface area contributed by atoms with Crippen molar-refractivity contribution in [3.8, 4) is 16.9 Å². The molecule has 140 valence electrons.